The third kappa shape index (κ3) is 3.11. The van der Waals surface area contributed by atoms with Crippen LogP contribution in [-0.4, -0.2) is 13.2 Å². The van der Waals surface area contributed by atoms with Crippen LogP contribution in [0.5, 0.6) is 5.75 Å². The molecule has 0 amide bonds. The number of methoxy groups -OCH3 is 1. The number of hydrogen-bond donors (Lipinski definition) is 0. The summed E-state index contributed by atoms with van der Waals surface area (Å²) in [6, 6.07) is 3.03. The maximum atomic E-state index is 13.4. The van der Waals surface area contributed by atoms with Gasteiger partial charge in [-0.25, -0.2) is 18.6 Å². The molecule has 3 nitrogen and oxygen atoms in total. The second-order valence-corrected chi connectivity index (χ2v) is 3.80. The van der Waals surface area contributed by atoms with Crippen molar-refractivity contribution in [2.45, 2.75) is 26.3 Å². The number of aliphatic imine (C=N–C) groups is 1. The van der Waals surface area contributed by atoms with Crippen molar-refractivity contribution in [3.63, 3.8) is 0 Å². The van der Waals surface area contributed by atoms with Crippen LogP contribution in [0.25, 0.3) is 0 Å². The lowest BCUT2D eigenvalue weighted by molar-refractivity contribution is 0.0149. The molecule has 0 atom stereocenters. The Morgan fingerprint density at radius 2 is 2.12 bits per heavy atom. The fourth-order valence-electron chi connectivity index (χ4n) is 1.65. The van der Waals surface area contributed by atoms with Crippen LogP contribution in [0.15, 0.2) is 17.1 Å². The summed E-state index contributed by atoms with van der Waals surface area (Å²) in [5.41, 5.74) is 0.918. The van der Waals surface area contributed by atoms with Gasteiger partial charge in [-0.05, 0) is 13.0 Å². The van der Waals surface area contributed by atoms with E-state index < -0.39 is 5.92 Å². The van der Waals surface area contributed by atoms with Gasteiger partial charge in [-0.1, -0.05) is 11.6 Å². The van der Waals surface area contributed by atoms with Crippen LogP contribution in [0.1, 0.15) is 23.6 Å². The number of ether oxygens (including phenoxy) is 1. The minimum absolute atomic E-state index is 0.0164. The summed E-state index contributed by atoms with van der Waals surface area (Å²) >= 11 is 0. The Morgan fingerprint density at radius 3 is 2.59 bits per heavy atom. The van der Waals surface area contributed by atoms with Crippen LogP contribution in [0.2, 0.25) is 0 Å². The normalized spacial score (nSPS) is 10.9. The second-order valence-electron chi connectivity index (χ2n) is 3.80. The quantitative estimate of drug-likeness (QED) is 0.600. The van der Waals surface area contributed by atoms with E-state index in [-0.39, 0.29) is 17.9 Å². The highest BCUT2D eigenvalue weighted by molar-refractivity contribution is 5.47. The number of nitrogens with zero attached hydrogens (tertiary/aromatic N) is 1. The van der Waals surface area contributed by atoms with Crippen molar-refractivity contribution in [3.8, 4) is 5.75 Å². The first-order valence-corrected chi connectivity index (χ1v) is 4.99. The van der Waals surface area contributed by atoms with Gasteiger partial charge in [-0.2, -0.15) is 0 Å². The zero-order valence-corrected chi connectivity index (χ0v) is 9.88. The fourth-order valence-corrected chi connectivity index (χ4v) is 1.65. The molecule has 92 valence electrons. The van der Waals surface area contributed by atoms with Gasteiger partial charge in [0.1, 0.15) is 5.75 Å². The Morgan fingerprint density at radius 1 is 1.47 bits per heavy atom. The molecule has 0 aliphatic carbocycles. The van der Waals surface area contributed by atoms with Crippen LogP contribution in [0.3, 0.4) is 0 Å². The molecular weight excluding hydrogens is 228 g/mol. The first-order chi connectivity index (χ1) is 7.90. The molecule has 0 aliphatic heterocycles. The van der Waals surface area contributed by atoms with Crippen molar-refractivity contribution < 1.29 is 18.3 Å². The predicted octanol–water partition coefficient (Wildman–Crippen LogP) is 2.95. The van der Waals surface area contributed by atoms with E-state index in [1.807, 2.05) is 0 Å². The Balaban J connectivity index is 3.40. The molecule has 0 spiro atoms. The molecule has 0 radical (unpaired) electrons. The summed E-state index contributed by atoms with van der Waals surface area (Å²) < 4.78 is 31.8. The van der Waals surface area contributed by atoms with Gasteiger partial charge in [-0.3, -0.25) is 0 Å². The number of isocyanates is 1. The van der Waals surface area contributed by atoms with Crippen molar-refractivity contribution in [1.29, 1.82) is 0 Å². The summed E-state index contributed by atoms with van der Waals surface area (Å²) in [7, 11) is 1.31. The fraction of sp³-hybridized carbons (Fsp3) is 0.417. The van der Waals surface area contributed by atoms with Crippen LogP contribution in [0, 0.1) is 6.92 Å². The van der Waals surface area contributed by atoms with Gasteiger partial charge in [0, 0.05) is 12.5 Å². The number of carbonyl (C=O) groups excluding carboxylic acids is 1. The number of alkyl halides is 2. The number of halogens is 2. The lowest BCUT2D eigenvalue weighted by atomic mass is 10.0. The molecule has 0 unspecified atom stereocenters. The summed E-state index contributed by atoms with van der Waals surface area (Å²) in [5.74, 6) is -2.93. The van der Waals surface area contributed by atoms with Gasteiger partial charge >= 0.3 is 0 Å². The molecule has 5 heteroatoms. The summed E-state index contributed by atoms with van der Waals surface area (Å²) in [5, 5.41) is 0. The number of benzene rings is 1. The zero-order chi connectivity index (χ0) is 13.1. The molecule has 1 aromatic rings. The first-order valence-electron chi connectivity index (χ1n) is 4.99. The van der Waals surface area contributed by atoms with Gasteiger partial charge in [0.05, 0.1) is 19.2 Å². The molecule has 0 aliphatic rings. The van der Waals surface area contributed by atoms with E-state index in [2.05, 4.69) is 4.99 Å². The van der Waals surface area contributed by atoms with E-state index in [1.165, 1.54) is 19.3 Å². The average molecular weight is 241 g/mol. The Kier molecular flexibility index (Phi) is 3.97. The third-order valence-corrected chi connectivity index (χ3v) is 2.30. The van der Waals surface area contributed by atoms with Crippen molar-refractivity contribution in [1.82, 2.24) is 0 Å². The minimum Gasteiger partial charge on any atom is -0.496 e. The van der Waals surface area contributed by atoms with Crippen LogP contribution >= 0.6 is 0 Å². The topological polar surface area (TPSA) is 38.7 Å². The summed E-state index contributed by atoms with van der Waals surface area (Å²) in [6.07, 6.45) is 1.38. The first kappa shape index (κ1) is 13.3. The SMILES string of the molecule is COc1c(CN=C=O)cc(C)cc1C(C)(F)F. The maximum absolute atomic E-state index is 13.4. The van der Waals surface area contributed by atoms with Crippen LogP contribution < -0.4 is 4.74 Å². The van der Waals surface area contributed by atoms with Crippen LogP contribution in [-0.2, 0) is 17.3 Å². The highest BCUT2D eigenvalue weighted by Crippen LogP contribution is 2.37. The highest BCUT2D eigenvalue weighted by Gasteiger charge is 2.30. The number of aryl methyl sites for hydroxylation is 1. The molecule has 1 aromatic carbocycles. The van der Waals surface area contributed by atoms with E-state index in [9.17, 15) is 13.6 Å². The lowest BCUT2D eigenvalue weighted by Gasteiger charge is -2.18. The maximum Gasteiger partial charge on any atom is 0.274 e. The van der Waals surface area contributed by atoms with Gasteiger partial charge in [-0.15, -0.1) is 0 Å². The summed E-state index contributed by atoms with van der Waals surface area (Å²) in [4.78, 5) is 13.4. The van der Waals surface area contributed by atoms with Crippen LogP contribution in [0.4, 0.5) is 8.78 Å². The van der Waals surface area contributed by atoms with Gasteiger partial charge in [0.2, 0.25) is 6.08 Å². The molecule has 1 rings (SSSR count). The van der Waals surface area contributed by atoms with Gasteiger partial charge in [0.15, 0.2) is 0 Å². The number of hydrogen-bond acceptors (Lipinski definition) is 3. The standard InChI is InChI=1S/C12H13F2NO2/c1-8-4-9(6-15-7-16)11(17-3)10(5-8)12(2,13)14/h4-5H,6H2,1-3H3. The smallest absolute Gasteiger partial charge is 0.274 e. The van der Waals surface area contributed by atoms with E-state index in [4.69, 9.17) is 4.74 Å². The monoisotopic (exact) mass is 241 g/mol. The highest BCUT2D eigenvalue weighted by atomic mass is 19.3. The summed E-state index contributed by atoms with van der Waals surface area (Å²) in [6.45, 7) is 2.48. The minimum atomic E-state index is -3.00. The Bertz CT molecular complexity index is 460. The average Bonchev–Trinajstić information content (AvgIpc) is 2.24. The number of rotatable bonds is 4. The van der Waals surface area contributed by atoms with E-state index >= 15 is 0 Å². The van der Waals surface area contributed by atoms with E-state index in [1.54, 1.807) is 13.0 Å². The van der Waals surface area contributed by atoms with Crippen molar-refractivity contribution in [2.24, 2.45) is 4.99 Å². The van der Waals surface area contributed by atoms with Crippen molar-refractivity contribution in [3.05, 3.63) is 28.8 Å². The predicted molar refractivity (Wildman–Crippen MR) is 59.1 cm³/mol. The van der Waals surface area contributed by atoms with E-state index in [0.717, 1.165) is 6.92 Å². The molecule has 0 aromatic heterocycles. The molecular formula is C12H13F2NO2. The second kappa shape index (κ2) is 5.06. The zero-order valence-electron chi connectivity index (χ0n) is 9.88. The Hall–Kier alpha value is -1.74. The molecule has 0 N–H and O–H groups in total. The molecule has 17 heavy (non-hydrogen) atoms. The molecule has 0 bridgehead atoms. The van der Waals surface area contributed by atoms with Gasteiger partial charge in [0.25, 0.3) is 5.92 Å². The lowest BCUT2D eigenvalue weighted by Crippen LogP contribution is -2.11. The molecule has 0 heterocycles. The largest absolute Gasteiger partial charge is 0.496 e. The molecule has 0 fully saturated rings. The van der Waals surface area contributed by atoms with Gasteiger partial charge < -0.3 is 4.74 Å². The van der Waals surface area contributed by atoms with E-state index in [0.29, 0.717) is 11.1 Å². The Labute approximate surface area is 98.1 Å². The van der Waals surface area contributed by atoms with Crippen molar-refractivity contribution >= 4 is 6.08 Å². The third-order valence-electron chi connectivity index (χ3n) is 2.30. The molecule has 0 saturated heterocycles. The van der Waals surface area contributed by atoms with Crippen molar-refractivity contribution in [2.75, 3.05) is 7.11 Å². The molecule has 0 saturated carbocycles.